The van der Waals surface area contributed by atoms with Gasteiger partial charge in [0.2, 0.25) is 21.6 Å². The van der Waals surface area contributed by atoms with Gasteiger partial charge in [0.15, 0.2) is 0 Å². The van der Waals surface area contributed by atoms with Crippen LogP contribution in [0.1, 0.15) is 17.0 Å². The summed E-state index contributed by atoms with van der Waals surface area (Å²) < 4.78 is 42.7. The maximum absolute atomic E-state index is 12.9. The Morgan fingerprint density at radius 1 is 1.00 bits per heavy atom. The number of amides is 1. The first kappa shape index (κ1) is 19.7. The van der Waals surface area contributed by atoms with Crippen molar-refractivity contribution in [3.8, 4) is 0 Å². The van der Waals surface area contributed by atoms with Crippen LogP contribution in [0.2, 0.25) is 0 Å². The maximum Gasteiger partial charge on any atom is 0.335 e. The fourth-order valence-electron chi connectivity index (χ4n) is 2.48. The number of carbonyl (C=O) groups excluding carboxylic acids is 1. The number of nitrogens with zero attached hydrogens (tertiary/aromatic N) is 2. The lowest BCUT2D eigenvalue weighted by Crippen LogP contribution is -2.27. The quantitative estimate of drug-likeness (QED) is 0.618. The molecule has 3 aromatic rings. The van der Waals surface area contributed by atoms with Crippen LogP contribution in [0.15, 0.2) is 64.2 Å². The van der Waals surface area contributed by atoms with Crippen molar-refractivity contribution in [3.63, 3.8) is 0 Å². The first-order valence-electron chi connectivity index (χ1n) is 8.52. The predicted octanol–water partition coefficient (Wildman–Crippen LogP) is 2.08. The van der Waals surface area contributed by atoms with Crippen LogP contribution in [0.4, 0.5) is 4.39 Å². The average molecular weight is 403 g/mol. The van der Waals surface area contributed by atoms with Crippen LogP contribution in [-0.2, 0) is 33.2 Å². The number of hydrogen-bond acceptors (Lipinski definition) is 6. The zero-order valence-corrected chi connectivity index (χ0v) is 15.7. The van der Waals surface area contributed by atoms with Gasteiger partial charge in [0.05, 0.1) is 12.2 Å². The number of sulfone groups is 1. The summed E-state index contributed by atoms with van der Waals surface area (Å²) in [5.74, 6) is -0.723. The highest BCUT2D eigenvalue weighted by atomic mass is 32.2. The Balaban J connectivity index is 1.50. The Bertz CT molecular complexity index is 1030. The van der Waals surface area contributed by atoms with Gasteiger partial charge in [0.1, 0.15) is 5.82 Å². The van der Waals surface area contributed by atoms with Gasteiger partial charge in [-0.15, -0.1) is 5.10 Å². The van der Waals surface area contributed by atoms with Crippen LogP contribution in [0, 0.1) is 5.82 Å². The Morgan fingerprint density at radius 3 is 2.43 bits per heavy atom. The average Bonchev–Trinajstić information content (AvgIpc) is 3.14. The van der Waals surface area contributed by atoms with E-state index < -0.39 is 15.1 Å². The van der Waals surface area contributed by atoms with Crippen molar-refractivity contribution >= 4 is 15.7 Å². The molecule has 28 heavy (non-hydrogen) atoms. The minimum atomic E-state index is -3.74. The summed E-state index contributed by atoms with van der Waals surface area (Å²) >= 11 is 0. The molecule has 0 spiro atoms. The smallest absolute Gasteiger partial charge is 0.335 e. The number of aromatic nitrogens is 2. The van der Waals surface area contributed by atoms with Gasteiger partial charge >= 0.3 is 5.22 Å². The number of rotatable bonds is 8. The van der Waals surface area contributed by atoms with Gasteiger partial charge in [-0.1, -0.05) is 47.6 Å². The van der Waals surface area contributed by atoms with Crippen LogP contribution in [0.3, 0.4) is 0 Å². The van der Waals surface area contributed by atoms with Crippen LogP contribution < -0.4 is 5.32 Å². The number of benzene rings is 2. The maximum atomic E-state index is 12.9. The summed E-state index contributed by atoms with van der Waals surface area (Å²) in [6.45, 7) is 0.209. The predicted molar refractivity (Wildman–Crippen MR) is 98.4 cm³/mol. The number of carbonyl (C=O) groups is 1. The third-order valence-corrected chi connectivity index (χ3v) is 5.26. The Kier molecular flexibility index (Phi) is 6.15. The lowest BCUT2D eigenvalue weighted by atomic mass is 10.1. The summed E-state index contributed by atoms with van der Waals surface area (Å²) in [6, 6.07) is 14.4. The van der Waals surface area contributed by atoms with Gasteiger partial charge in [-0.3, -0.25) is 4.79 Å². The van der Waals surface area contributed by atoms with E-state index in [0.717, 1.165) is 0 Å². The van der Waals surface area contributed by atoms with E-state index in [0.29, 0.717) is 11.1 Å². The zero-order chi connectivity index (χ0) is 20.0. The van der Waals surface area contributed by atoms with Gasteiger partial charge in [-0.05, 0) is 23.3 Å². The molecule has 0 bridgehead atoms. The summed E-state index contributed by atoms with van der Waals surface area (Å²) in [5.41, 5.74) is 1.31. The number of hydrogen-bond donors (Lipinski definition) is 1. The lowest BCUT2D eigenvalue weighted by Gasteiger charge is -2.03. The molecule has 146 valence electrons. The van der Waals surface area contributed by atoms with Gasteiger partial charge in [-0.25, -0.2) is 12.8 Å². The summed E-state index contributed by atoms with van der Waals surface area (Å²) in [6.07, 6.45) is 0.309. The van der Waals surface area contributed by atoms with E-state index in [1.54, 1.807) is 30.3 Å². The summed E-state index contributed by atoms with van der Waals surface area (Å²) in [7, 11) is -3.74. The van der Waals surface area contributed by atoms with Gasteiger partial charge in [0, 0.05) is 13.0 Å². The van der Waals surface area contributed by atoms with E-state index >= 15 is 0 Å². The van der Waals surface area contributed by atoms with Crippen molar-refractivity contribution in [2.75, 3.05) is 6.54 Å². The molecule has 3 rings (SSSR count). The molecule has 0 unspecified atom stereocenters. The van der Waals surface area contributed by atoms with Gasteiger partial charge in [-0.2, -0.15) is 0 Å². The second kappa shape index (κ2) is 8.75. The minimum absolute atomic E-state index is 0.112. The molecule has 7 nitrogen and oxygen atoms in total. The van der Waals surface area contributed by atoms with E-state index in [1.165, 1.54) is 24.3 Å². The Morgan fingerprint density at radius 2 is 1.71 bits per heavy atom. The molecule has 1 N–H and O–H groups in total. The van der Waals surface area contributed by atoms with Crippen molar-refractivity contribution in [2.45, 2.75) is 23.8 Å². The number of halogens is 1. The molecule has 0 saturated carbocycles. The molecule has 0 saturated heterocycles. The topological polar surface area (TPSA) is 102 Å². The second-order valence-corrected chi connectivity index (χ2v) is 7.98. The van der Waals surface area contributed by atoms with E-state index in [4.69, 9.17) is 4.42 Å². The third-order valence-electron chi connectivity index (χ3n) is 3.85. The molecule has 0 aliphatic carbocycles. The molecule has 0 radical (unpaired) electrons. The molecular weight excluding hydrogens is 385 g/mol. The summed E-state index contributed by atoms with van der Waals surface area (Å²) in [4.78, 5) is 11.9. The molecule has 1 heterocycles. The third kappa shape index (κ3) is 5.46. The Hall–Kier alpha value is -3.07. The van der Waals surface area contributed by atoms with E-state index in [9.17, 15) is 17.6 Å². The standard InChI is InChI=1S/C19H18FN3O4S/c20-16-8-6-14(7-9-16)12-17(24)21-11-10-18-22-23-19(27-18)28(25,26)13-15-4-2-1-3-5-15/h1-9H,10-13H2,(H,21,24). The van der Waals surface area contributed by atoms with Crippen molar-refractivity contribution in [1.82, 2.24) is 15.5 Å². The van der Waals surface area contributed by atoms with E-state index in [-0.39, 0.29) is 42.8 Å². The first-order chi connectivity index (χ1) is 13.4. The summed E-state index contributed by atoms with van der Waals surface area (Å²) in [5, 5.41) is 9.56. The largest absolute Gasteiger partial charge is 0.412 e. The molecule has 1 amide bonds. The zero-order valence-electron chi connectivity index (χ0n) is 14.8. The number of nitrogens with one attached hydrogen (secondary N) is 1. The highest BCUT2D eigenvalue weighted by Gasteiger charge is 2.23. The lowest BCUT2D eigenvalue weighted by molar-refractivity contribution is -0.120. The van der Waals surface area contributed by atoms with Crippen molar-refractivity contribution in [2.24, 2.45) is 0 Å². The molecule has 9 heteroatoms. The normalized spacial score (nSPS) is 11.3. The van der Waals surface area contributed by atoms with E-state index in [2.05, 4.69) is 15.5 Å². The highest BCUT2D eigenvalue weighted by Crippen LogP contribution is 2.15. The van der Waals surface area contributed by atoms with Crippen molar-refractivity contribution in [3.05, 3.63) is 77.4 Å². The van der Waals surface area contributed by atoms with Crippen LogP contribution >= 0.6 is 0 Å². The molecule has 2 aromatic carbocycles. The molecule has 0 atom stereocenters. The highest BCUT2D eigenvalue weighted by molar-refractivity contribution is 7.90. The van der Waals surface area contributed by atoms with Crippen molar-refractivity contribution in [1.29, 1.82) is 0 Å². The van der Waals surface area contributed by atoms with E-state index in [1.807, 2.05) is 0 Å². The van der Waals surface area contributed by atoms with Crippen LogP contribution in [0.25, 0.3) is 0 Å². The SMILES string of the molecule is O=C(Cc1ccc(F)cc1)NCCc1nnc(S(=O)(=O)Cc2ccccc2)o1. The molecule has 1 aromatic heterocycles. The minimum Gasteiger partial charge on any atom is -0.412 e. The molecule has 0 fully saturated rings. The van der Waals surface area contributed by atoms with Gasteiger partial charge < -0.3 is 9.73 Å². The van der Waals surface area contributed by atoms with Crippen LogP contribution in [-0.4, -0.2) is 31.1 Å². The van der Waals surface area contributed by atoms with Crippen molar-refractivity contribution < 1.29 is 22.0 Å². The second-order valence-electron chi connectivity index (χ2n) is 6.11. The fourth-order valence-corrected chi connectivity index (χ4v) is 3.62. The molecular formula is C19H18FN3O4S. The first-order valence-corrected chi connectivity index (χ1v) is 10.2. The molecule has 0 aliphatic rings. The Labute approximate surface area is 161 Å². The monoisotopic (exact) mass is 403 g/mol. The van der Waals surface area contributed by atoms with Crippen LogP contribution in [0.5, 0.6) is 0 Å². The van der Waals surface area contributed by atoms with Gasteiger partial charge in [0.25, 0.3) is 0 Å². The molecule has 0 aliphatic heterocycles. The fraction of sp³-hybridized carbons (Fsp3) is 0.211.